The van der Waals surface area contributed by atoms with E-state index < -0.39 is 18.1 Å². The van der Waals surface area contributed by atoms with Gasteiger partial charge in [0.1, 0.15) is 12.6 Å². The van der Waals surface area contributed by atoms with E-state index in [-0.39, 0.29) is 31.6 Å². The van der Waals surface area contributed by atoms with Gasteiger partial charge in [0.05, 0.1) is 19.3 Å². The zero-order chi connectivity index (χ0) is 22.8. The van der Waals surface area contributed by atoms with Crippen LogP contribution in [0.5, 0.6) is 0 Å². The summed E-state index contributed by atoms with van der Waals surface area (Å²) in [5.41, 5.74) is 5.53. The molecule has 1 amide bonds. The summed E-state index contributed by atoms with van der Waals surface area (Å²) in [6, 6.07) is 24.9. The van der Waals surface area contributed by atoms with Gasteiger partial charge in [0.15, 0.2) is 0 Å². The number of ether oxygens (including phenoxy) is 2. The molecule has 3 aromatic carbocycles. The fourth-order valence-electron chi connectivity index (χ4n) is 4.82. The number of likely N-dealkylation sites (tertiary alicyclic amines) is 1. The van der Waals surface area contributed by atoms with Crippen molar-refractivity contribution in [3.63, 3.8) is 0 Å². The van der Waals surface area contributed by atoms with E-state index in [2.05, 4.69) is 24.3 Å². The SMILES string of the molecule is O=C(O)[C@H]1C[C@@H](OCc2ccccc2)CN1C(=O)OCC1c2ccccc2-c2ccccc21. The maximum Gasteiger partial charge on any atom is 0.410 e. The number of carbonyl (C=O) groups is 2. The first kappa shape index (κ1) is 21.2. The summed E-state index contributed by atoms with van der Waals surface area (Å²) in [5.74, 6) is -1.12. The van der Waals surface area contributed by atoms with Crippen molar-refractivity contribution in [2.45, 2.75) is 31.1 Å². The van der Waals surface area contributed by atoms with Crippen LogP contribution in [0.1, 0.15) is 29.0 Å². The van der Waals surface area contributed by atoms with Gasteiger partial charge in [-0.1, -0.05) is 78.9 Å². The molecule has 0 saturated carbocycles. The third-order valence-corrected chi connectivity index (χ3v) is 6.45. The van der Waals surface area contributed by atoms with E-state index in [0.717, 1.165) is 27.8 Å². The first-order chi connectivity index (χ1) is 16.1. The number of aliphatic carboxylic acids is 1. The lowest BCUT2D eigenvalue weighted by Gasteiger charge is -2.22. The highest BCUT2D eigenvalue weighted by atomic mass is 16.6. The molecule has 2 aliphatic rings. The summed E-state index contributed by atoms with van der Waals surface area (Å²) in [6.45, 7) is 0.724. The Morgan fingerprint density at radius 3 is 2.12 bits per heavy atom. The first-order valence-electron chi connectivity index (χ1n) is 11.1. The Morgan fingerprint density at radius 2 is 1.48 bits per heavy atom. The molecule has 1 aliphatic heterocycles. The van der Waals surface area contributed by atoms with Crippen LogP contribution in [0.4, 0.5) is 4.79 Å². The number of benzene rings is 3. The van der Waals surface area contributed by atoms with Gasteiger partial charge in [-0.05, 0) is 27.8 Å². The maximum absolute atomic E-state index is 12.9. The van der Waals surface area contributed by atoms with Gasteiger partial charge in [-0.15, -0.1) is 0 Å². The summed E-state index contributed by atoms with van der Waals surface area (Å²) < 4.78 is 11.6. The van der Waals surface area contributed by atoms with Crippen molar-refractivity contribution in [3.8, 4) is 11.1 Å². The van der Waals surface area contributed by atoms with Crippen molar-refractivity contribution in [3.05, 3.63) is 95.6 Å². The number of hydrogen-bond donors (Lipinski definition) is 1. The second-order valence-electron chi connectivity index (χ2n) is 8.46. The zero-order valence-electron chi connectivity index (χ0n) is 18.1. The Labute approximate surface area is 192 Å². The van der Waals surface area contributed by atoms with Gasteiger partial charge >= 0.3 is 12.1 Å². The van der Waals surface area contributed by atoms with E-state index in [9.17, 15) is 14.7 Å². The number of fused-ring (bicyclic) bond motifs is 3. The predicted molar refractivity (Wildman–Crippen MR) is 123 cm³/mol. The molecule has 5 rings (SSSR count). The van der Waals surface area contributed by atoms with Gasteiger partial charge < -0.3 is 14.6 Å². The second kappa shape index (κ2) is 9.08. The molecule has 168 valence electrons. The van der Waals surface area contributed by atoms with Crippen molar-refractivity contribution < 1.29 is 24.2 Å². The highest BCUT2D eigenvalue weighted by molar-refractivity contribution is 5.81. The minimum Gasteiger partial charge on any atom is -0.480 e. The molecule has 1 saturated heterocycles. The van der Waals surface area contributed by atoms with E-state index in [1.165, 1.54) is 4.90 Å². The summed E-state index contributed by atoms with van der Waals surface area (Å²) in [5, 5.41) is 9.67. The Kier molecular flexibility index (Phi) is 5.84. The third kappa shape index (κ3) is 4.22. The van der Waals surface area contributed by atoms with Crippen LogP contribution < -0.4 is 0 Å². The molecular formula is C27H25NO5. The number of carbonyl (C=O) groups excluding carboxylic acids is 1. The Bertz CT molecular complexity index is 1120. The van der Waals surface area contributed by atoms with Crippen molar-refractivity contribution in [1.29, 1.82) is 0 Å². The Morgan fingerprint density at radius 1 is 0.879 bits per heavy atom. The topological polar surface area (TPSA) is 76.1 Å². The van der Waals surface area contributed by atoms with Crippen LogP contribution in [0.2, 0.25) is 0 Å². The lowest BCUT2D eigenvalue weighted by Crippen LogP contribution is -2.41. The minimum absolute atomic E-state index is 0.0719. The van der Waals surface area contributed by atoms with Crippen molar-refractivity contribution in [1.82, 2.24) is 4.90 Å². The van der Waals surface area contributed by atoms with Crippen LogP contribution >= 0.6 is 0 Å². The highest BCUT2D eigenvalue weighted by Crippen LogP contribution is 2.44. The molecule has 0 spiro atoms. The molecule has 1 aliphatic carbocycles. The molecule has 6 heteroatoms. The molecule has 0 aromatic heterocycles. The van der Waals surface area contributed by atoms with Gasteiger partial charge in [0.2, 0.25) is 0 Å². The highest BCUT2D eigenvalue weighted by Gasteiger charge is 2.41. The number of amides is 1. The third-order valence-electron chi connectivity index (χ3n) is 6.45. The molecule has 0 radical (unpaired) electrons. The van der Waals surface area contributed by atoms with Gasteiger partial charge in [0.25, 0.3) is 0 Å². The zero-order valence-corrected chi connectivity index (χ0v) is 18.1. The minimum atomic E-state index is -1.05. The van der Waals surface area contributed by atoms with Crippen LogP contribution in [0.15, 0.2) is 78.9 Å². The molecule has 33 heavy (non-hydrogen) atoms. The van der Waals surface area contributed by atoms with Crippen molar-refractivity contribution in [2.75, 3.05) is 13.2 Å². The van der Waals surface area contributed by atoms with Gasteiger partial charge in [-0.2, -0.15) is 0 Å². The maximum atomic E-state index is 12.9. The summed E-state index contributed by atoms with van der Waals surface area (Å²) in [7, 11) is 0. The molecule has 0 unspecified atom stereocenters. The number of carboxylic acids is 1. The number of carboxylic acid groups (broad SMARTS) is 1. The summed E-state index contributed by atoms with van der Waals surface area (Å²) in [6.07, 6.45) is -0.728. The molecular weight excluding hydrogens is 418 g/mol. The van der Waals surface area contributed by atoms with Gasteiger partial charge in [-0.3, -0.25) is 4.90 Å². The van der Waals surface area contributed by atoms with Crippen molar-refractivity contribution in [2.24, 2.45) is 0 Å². The average Bonchev–Trinajstić information content (AvgIpc) is 3.42. The average molecular weight is 443 g/mol. The number of hydrogen-bond acceptors (Lipinski definition) is 4. The van der Waals surface area contributed by atoms with Crippen LogP contribution in [0, 0.1) is 0 Å². The van der Waals surface area contributed by atoms with E-state index >= 15 is 0 Å². The quantitative estimate of drug-likeness (QED) is 0.599. The molecule has 1 fully saturated rings. The normalized spacial score (nSPS) is 19.2. The van der Waals surface area contributed by atoms with E-state index in [1.54, 1.807) is 0 Å². The monoisotopic (exact) mass is 443 g/mol. The molecule has 1 N–H and O–H groups in total. The lowest BCUT2D eigenvalue weighted by atomic mass is 9.98. The molecule has 2 atom stereocenters. The first-order valence-corrected chi connectivity index (χ1v) is 11.1. The largest absolute Gasteiger partial charge is 0.480 e. The molecule has 3 aromatic rings. The smallest absolute Gasteiger partial charge is 0.410 e. The van der Waals surface area contributed by atoms with Crippen LogP contribution in [-0.4, -0.2) is 47.4 Å². The molecule has 6 nitrogen and oxygen atoms in total. The molecule has 0 bridgehead atoms. The van der Waals surface area contributed by atoms with Crippen LogP contribution in [0.25, 0.3) is 11.1 Å². The second-order valence-corrected chi connectivity index (χ2v) is 8.46. The van der Waals surface area contributed by atoms with Crippen LogP contribution in [-0.2, 0) is 20.9 Å². The van der Waals surface area contributed by atoms with E-state index in [0.29, 0.717) is 6.61 Å². The van der Waals surface area contributed by atoms with Gasteiger partial charge in [0, 0.05) is 12.3 Å². The predicted octanol–water partition coefficient (Wildman–Crippen LogP) is 4.68. The molecule has 1 heterocycles. The fourth-order valence-corrected chi connectivity index (χ4v) is 4.82. The lowest BCUT2D eigenvalue weighted by molar-refractivity contribution is -0.141. The summed E-state index contributed by atoms with van der Waals surface area (Å²) in [4.78, 5) is 26.0. The number of nitrogens with zero attached hydrogens (tertiary/aromatic N) is 1. The van der Waals surface area contributed by atoms with Crippen LogP contribution in [0.3, 0.4) is 0 Å². The summed E-state index contributed by atoms with van der Waals surface area (Å²) >= 11 is 0. The standard InChI is InChI=1S/C27H25NO5/c29-26(30)25-14-19(32-16-18-8-2-1-3-9-18)15-28(25)27(31)33-17-24-22-12-6-4-10-20(22)21-11-5-7-13-23(21)24/h1-13,19,24-25H,14-17H2,(H,29,30)/t19-,25-/m1/s1. The Balaban J connectivity index is 1.26. The van der Waals surface area contributed by atoms with E-state index in [1.807, 2.05) is 54.6 Å². The van der Waals surface area contributed by atoms with Crippen molar-refractivity contribution >= 4 is 12.1 Å². The van der Waals surface area contributed by atoms with E-state index in [4.69, 9.17) is 9.47 Å². The fraction of sp³-hybridized carbons (Fsp3) is 0.259. The Hall–Kier alpha value is -3.64. The van der Waals surface area contributed by atoms with Gasteiger partial charge in [-0.25, -0.2) is 9.59 Å². The number of rotatable bonds is 6.